The van der Waals surface area contributed by atoms with Gasteiger partial charge in [-0.1, -0.05) is 23.8 Å². The minimum Gasteiger partial charge on any atom is -0.350 e. The summed E-state index contributed by atoms with van der Waals surface area (Å²) in [6.07, 6.45) is 3.41. The van der Waals surface area contributed by atoms with Crippen molar-refractivity contribution in [1.82, 2.24) is 30.8 Å². The fourth-order valence-corrected chi connectivity index (χ4v) is 2.81. The Kier molecular flexibility index (Phi) is 5.49. The summed E-state index contributed by atoms with van der Waals surface area (Å²) in [6.45, 7) is 4.02. The lowest BCUT2D eigenvalue weighted by Gasteiger charge is -2.19. The molecule has 25 heavy (non-hydrogen) atoms. The summed E-state index contributed by atoms with van der Waals surface area (Å²) in [5.74, 6) is 0.101. The van der Waals surface area contributed by atoms with Gasteiger partial charge in [0.2, 0.25) is 5.91 Å². The van der Waals surface area contributed by atoms with E-state index in [2.05, 4.69) is 32.2 Å². The van der Waals surface area contributed by atoms with E-state index in [9.17, 15) is 9.18 Å². The van der Waals surface area contributed by atoms with Crippen molar-refractivity contribution in [1.29, 1.82) is 0 Å². The predicted molar refractivity (Wildman–Crippen MR) is 90.3 cm³/mol. The summed E-state index contributed by atoms with van der Waals surface area (Å²) in [5, 5.41) is 17.7. The van der Waals surface area contributed by atoms with Crippen LogP contribution >= 0.6 is 0 Å². The van der Waals surface area contributed by atoms with E-state index in [0.717, 1.165) is 25.1 Å². The van der Waals surface area contributed by atoms with Crippen molar-refractivity contribution in [2.24, 2.45) is 0 Å². The number of carbonyl (C=O) groups is 1. The highest BCUT2D eigenvalue weighted by molar-refractivity contribution is 5.80. The SMILES string of the molecule is Cc1nnnn1C(Cc1ccc(F)cc1)C(=O)NCC1=CCNCC1. The molecule has 1 atom stereocenters. The molecule has 0 bridgehead atoms. The predicted octanol–water partition coefficient (Wildman–Crippen LogP) is 0.940. The first-order valence-corrected chi connectivity index (χ1v) is 8.29. The third kappa shape index (κ3) is 4.48. The van der Waals surface area contributed by atoms with Crippen molar-refractivity contribution in [3.63, 3.8) is 0 Å². The van der Waals surface area contributed by atoms with Crippen LogP contribution in [0.1, 0.15) is 23.9 Å². The molecule has 1 unspecified atom stereocenters. The van der Waals surface area contributed by atoms with Crippen molar-refractivity contribution in [3.05, 3.63) is 53.1 Å². The molecule has 1 aromatic carbocycles. The first kappa shape index (κ1) is 17.2. The highest BCUT2D eigenvalue weighted by atomic mass is 19.1. The second-order valence-corrected chi connectivity index (χ2v) is 6.05. The molecule has 132 valence electrons. The summed E-state index contributed by atoms with van der Waals surface area (Å²) in [6, 6.07) is 5.53. The van der Waals surface area contributed by atoms with Crippen LogP contribution in [0.4, 0.5) is 4.39 Å². The van der Waals surface area contributed by atoms with Gasteiger partial charge < -0.3 is 10.6 Å². The Labute approximate surface area is 145 Å². The minimum atomic E-state index is -0.581. The lowest BCUT2D eigenvalue weighted by Crippen LogP contribution is -2.37. The molecule has 2 heterocycles. The molecule has 1 aliphatic heterocycles. The van der Waals surface area contributed by atoms with Crippen LogP contribution in [0.3, 0.4) is 0 Å². The number of hydrogen-bond acceptors (Lipinski definition) is 5. The maximum absolute atomic E-state index is 13.1. The summed E-state index contributed by atoms with van der Waals surface area (Å²) in [7, 11) is 0. The van der Waals surface area contributed by atoms with E-state index in [4.69, 9.17) is 0 Å². The van der Waals surface area contributed by atoms with Gasteiger partial charge in [0.05, 0.1) is 0 Å². The Bertz CT molecular complexity index is 755. The van der Waals surface area contributed by atoms with Crippen LogP contribution in [-0.2, 0) is 11.2 Å². The smallest absolute Gasteiger partial charge is 0.245 e. The number of halogens is 1. The van der Waals surface area contributed by atoms with E-state index < -0.39 is 6.04 Å². The summed E-state index contributed by atoms with van der Waals surface area (Å²) < 4.78 is 14.6. The minimum absolute atomic E-state index is 0.154. The maximum Gasteiger partial charge on any atom is 0.245 e. The third-order valence-electron chi connectivity index (χ3n) is 4.25. The number of aryl methyl sites for hydroxylation is 1. The molecule has 2 N–H and O–H groups in total. The molecule has 0 fully saturated rings. The quantitative estimate of drug-likeness (QED) is 0.762. The number of benzene rings is 1. The molecule has 2 aromatic rings. The van der Waals surface area contributed by atoms with Gasteiger partial charge in [0.25, 0.3) is 0 Å². The van der Waals surface area contributed by atoms with Crippen molar-refractivity contribution in [2.75, 3.05) is 19.6 Å². The lowest BCUT2D eigenvalue weighted by molar-refractivity contribution is -0.124. The van der Waals surface area contributed by atoms with E-state index >= 15 is 0 Å². The summed E-state index contributed by atoms with van der Waals surface area (Å²) >= 11 is 0. The maximum atomic E-state index is 13.1. The molecule has 0 aliphatic carbocycles. The van der Waals surface area contributed by atoms with Crippen LogP contribution in [0.15, 0.2) is 35.9 Å². The zero-order valence-electron chi connectivity index (χ0n) is 14.1. The van der Waals surface area contributed by atoms with Crippen LogP contribution in [-0.4, -0.2) is 45.7 Å². The molecule has 0 radical (unpaired) electrons. The molecule has 1 aliphatic rings. The molecule has 8 heteroatoms. The van der Waals surface area contributed by atoms with Crippen molar-refractivity contribution >= 4 is 5.91 Å². The number of amides is 1. The summed E-state index contributed by atoms with van der Waals surface area (Å²) in [5.41, 5.74) is 2.05. The summed E-state index contributed by atoms with van der Waals surface area (Å²) in [4.78, 5) is 12.8. The molecule has 1 amide bonds. The third-order valence-corrected chi connectivity index (χ3v) is 4.25. The average molecular weight is 344 g/mol. The number of tetrazole rings is 1. The van der Waals surface area contributed by atoms with Gasteiger partial charge in [0.1, 0.15) is 17.7 Å². The molecular weight excluding hydrogens is 323 g/mol. The topological polar surface area (TPSA) is 84.7 Å². The Hall–Kier alpha value is -2.61. The molecular formula is C17H21FN6O. The first-order valence-electron chi connectivity index (χ1n) is 8.29. The van der Waals surface area contributed by atoms with Gasteiger partial charge in [-0.25, -0.2) is 9.07 Å². The number of rotatable bonds is 6. The zero-order valence-corrected chi connectivity index (χ0v) is 14.1. The van der Waals surface area contributed by atoms with Crippen LogP contribution in [0.2, 0.25) is 0 Å². The van der Waals surface area contributed by atoms with Crippen LogP contribution in [0.25, 0.3) is 0 Å². The van der Waals surface area contributed by atoms with E-state index in [1.165, 1.54) is 22.4 Å². The van der Waals surface area contributed by atoms with Gasteiger partial charge in [-0.2, -0.15) is 0 Å². The van der Waals surface area contributed by atoms with Crippen LogP contribution in [0.5, 0.6) is 0 Å². The van der Waals surface area contributed by atoms with E-state index in [1.807, 2.05) is 0 Å². The van der Waals surface area contributed by atoms with Gasteiger partial charge >= 0.3 is 0 Å². The lowest BCUT2D eigenvalue weighted by atomic mass is 10.0. The average Bonchev–Trinajstić information content (AvgIpc) is 3.06. The normalized spacial score (nSPS) is 15.5. The molecule has 1 aromatic heterocycles. The Balaban J connectivity index is 1.73. The van der Waals surface area contributed by atoms with Crippen molar-refractivity contribution < 1.29 is 9.18 Å². The number of aromatic nitrogens is 4. The monoisotopic (exact) mass is 344 g/mol. The fourth-order valence-electron chi connectivity index (χ4n) is 2.81. The Morgan fingerprint density at radius 1 is 1.40 bits per heavy atom. The van der Waals surface area contributed by atoms with E-state index in [1.54, 1.807) is 19.1 Å². The highest BCUT2D eigenvalue weighted by Crippen LogP contribution is 2.16. The van der Waals surface area contributed by atoms with Crippen molar-refractivity contribution in [2.45, 2.75) is 25.8 Å². The van der Waals surface area contributed by atoms with Gasteiger partial charge in [0.15, 0.2) is 0 Å². The molecule has 0 saturated heterocycles. The molecule has 0 saturated carbocycles. The molecule has 7 nitrogen and oxygen atoms in total. The van der Waals surface area contributed by atoms with Crippen molar-refractivity contribution in [3.8, 4) is 0 Å². The van der Waals surface area contributed by atoms with Gasteiger partial charge in [-0.05, 0) is 48.0 Å². The fraction of sp³-hybridized carbons (Fsp3) is 0.412. The van der Waals surface area contributed by atoms with Crippen LogP contribution in [0, 0.1) is 12.7 Å². The Morgan fingerprint density at radius 2 is 2.20 bits per heavy atom. The second-order valence-electron chi connectivity index (χ2n) is 6.05. The molecule has 0 spiro atoms. The van der Waals surface area contributed by atoms with E-state index in [-0.39, 0.29) is 11.7 Å². The van der Waals surface area contributed by atoms with E-state index in [0.29, 0.717) is 18.8 Å². The zero-order chi connectivity index (χ0) is 17.6. The highest BCUT2D eigenvalue weighted by Gasteiger charge is 2.24. The largest absolute Gasteiger partial charge is 0.350 e. The first-order chi connectivity index (χ1) is 12.1. The number of nitrogens with one attached hydrogen (secondary N) is 2. The van der Waals surface area contributed by atoms with Gasteiger partial charge in [0, 0.05) is 19.5 Å². The van der Waals surface area contributed by atoms with Crippen LogP contribution < -0.4 is 10.6 Å². The number of hydrogen-bond donors (Lipinski definition) is 2. The number of nitrogens with zero attached hydrogens (tertiary/aromatic N) is 4. The Morgan fingerprint density at radius 3 is 2.84 bits per heavy atom. The standard InChI is InChI=1S/C17H21FN6O/c1-12-21-22-23-24(12)16(10-13-2-4-15(18)5-3-13)17(25)20-11-14-6-8-19-9-7-14/h2-6,16,19H,7-11H2,1H3,(H,20,25). The van der Waals surface area contributed by atoms with Gasteiger partial charge in [-0.15, -0.1) is 5.10 Å². The number of carbonyl (C=O) groups excluding carboxylic acids is 1. The second kappa shape index (κ2) is 7.98. The molecule has 3 rings (SSSR count). The van der Waals surface area contributed by atoms with Gasteiger partial charge in [-0.3, -0.25) is 4.79 Å².